The van der Waals surface area contributed by atoms with Gasteiger partial charge in [0.25, 0.3) is 0 Å². The number of carbonyl (C=O) groups is 2. The summed E-state index contributed by atoms with van der Waals surface area (Å²) in [7, 11) is 0. The predicted molar refractivity (Wildman–Crippen MR) is 82.4 cm³/mol. The smallest absolute Gasteiger partial charge is 0.246 e. The average molecular weight is 302 g/mol. The summed E-state index contributed by atoms with van der Waals surface area (Å²) < 4.78 is 1.88. The van der Waals surface area contributed by atoms with Crippen LogP contribution in [0.4, 0.5) is 0 Å². The van der Waals surface area contributed by atoms with Gasteiger partial charge in [-0.1, -0.05) is 6.08 Å². The van der Waals surface area contributed by atoms with E-state index in [4.69, 9.17) is 0 Å². The predicted octanol–water partition coefficient (Wildman–Crippen LogP) is 1.08. The molecule has 3 rings (SSSR count). The average Bonchev–Trinajstić information content (AvgIpc) is 3.20. The van der Waals surface area contributed by atoms with Crippen LogP contribution in [0.15, 0.2) is 18.3 Å². The largest absolute Gasteiger partial charge is 0.330 e. The van der Waals surface area contributed by atoms with Crippen molar-refractivity contribution < 1.29 is 9.59 Å². The van der Waals surface area contributed by atoms with Gasteiger partial charge < -0.3 is 9.47 Å². The molecule has 0 spiro atoms. The van der Waals surface area contributed by atoms with Crippen molar-refractivity contribution in [2.24, 2.45) is 0 Å². The molecule has 6 nitrogen and oxygen atoms in total. The zero-order valence-electron chi connectivity index (χ0n) is 12.9. The molecule has 118 valence electrons. The van der Waals surface area contributed by atoms with E-state index >= 15 is 0 Å². The van der Waals surface area contributed by atoms with Gasteiger partial charge in [-0.25, -0.2) is 4.98 Å². The monoisotopic (exact) mass is 302 g/mol. The molecule has 1 fully saturated rings. The van der Waals surface area contributed by atoms with E-state index in [1.807, 2.05) is 10.6 Å². The molecule has 0 N–H and O–H groups in total. The highest BCUT2D eigenvalue weighted by molar-refractivity contribution is 5.87. The second kappa shape index (κ2) is 6.44. The van der Waals surface area contributed by atoms with E-state index < -0.39 is 0 Å². The van der Waals surface area contributed by atoms with Crippen LogP contribution in [-0.2, 0) is 17.9 Å². The summed E-state index contributed by atoms with van der Waals surface area (Å²) >= 11 is 0. The van der Waals surface area contributed by atoms with Crippen molar-refractivity contribution in [3.05, 3.63) is 29.9 Å². The SMILES string of the molecule is CC(/C=C/C(=O)N1CCn2c(C=O)cnc2C1)N1CCCC1. The molecule has 3 heterocycles. The molecule has 0 aliphatic carbocycles. The van der Waals surface area contributed by atoms with Gasteiger partial charge in [-0.2, -0.15) is 0 Å². The first-order chi connectivity index (χ1) is 10.7. The maximum Gasteiger partial charge on any atom is 0.246 e. The molecule has 1 aromatic heterocycles. The van der Waals surface area contributed by atoms with Gasteiger partial charge >= 0.3 is 0 Å². The number of carbonyl (C=O) groups excluding carboxylic acids is 2. The highest BCUT2D eigenvalue weighted by Crippen LogP contribution is 2.15. The first-order valence-electron chi connectivity index (χ1n) is 7.90. The lowest BCUT2D eigenvalue weighted by atomic mass is 10.2. The van der Waals surface area contributed by atoms with Gasteiger partial charge in [-0.15, -0.1) is 0 Å². The number of fused-ring (bicyclic) bond motifs is 1. The van der Waals surface area contributed by atoms with Crippen molar-refractivity contribution in [2.45, 2.75) is 38.9 Å². The summed E-state index contributed by atoms with van der Waals surface area (Å²) in [5, 5.41) is 0. The molecular weight excluding hydrogens is 280 g/mol. The van der Waals surface area contributed by atoms with E-state index in [-0.39, 0.29) is 5.91 Å². The molecule has 0 radical (unpaired) electrons. The molecule has 1 saturated heterocycles. The topological polar surface area (TPSA) is 58.4 Å². The number of aldehydes is 1. The third-order valence-electron chi connectivity index (χ3n) is 4.56. The number of nitrogens with zero attached hydrogens (tertiary/aromatic N) is 4. The van der Waals surface area contributed by atoms with E-state index in [0.29, 0.717) is 31.4 Å². The third kappa shape index (κ3) is 2.97. The van der Waals surface area contributed by atoms with Crippen molar-refractivity contribution >= 4 is 12.2 Å². The quantitative estimate of drug-likeness (QED) is 0.617. The van der Waals surface area contributed by atoms with Crippen molar-refractivity contribution in [1.82, 2.24) is 19.4 Å². The summed E-state index contributed by atoms with van der Waals surface area (Å²) in [4.78, 5) is 31.6. The Morgan fingerprint density at radius 1 is 1.27 bits per heavy atom. The minimum Gasteiger partial charge on any atom is -0.330 e. The summed E-state index contributed by atoms with van der Waals surface area (Å²) in [5.41, 5.74) is 0.584. The van der Waals surface area contributed by atoms with Gasteiger partial charge in [-0.3, -0.25) is 14.5 Å². The van der Waals surface area contributed by atoms with Crippen LogP contribution in [0, 0.1) is 0 Å². The molecule has 2 aliphatic rings. The second-order valence-corrected chi connectivity index (χ2v) is 5.97. The van der Waals surface area contributed by atoms with Crippen molar-refractivity contribution in [3.63, 3.8) is 0 Å². The van der Waals surface area contributed by atoms with Gasteiger partial charge in [0.1, 0.15) is 11.5 Å². The number of hydrogen-bond donors (Lipinski definition) is 0. The number of hydrogen-bond acceptors (Lipinski definition) is 4. The van der Waals surface area contributed by atoms with Crippen LogP contribution in [0.3, 0.4) is 0 Å². The van der Waals surface area contributed by atoms with Gasteiger partial charge in [0, 0.05) is 25.2 Å². The van der Waals surface area contributed by atoms with Crippen LogP contribution >= 0.6 is 0 Å². The van der Waals surface area contributed by atoms with Crippen LogP contribution in [0.2, 0.25) is 0 Å². The molecule has 0 bridgehead atoms. The molecule has 0 saturated carbocycles. The number of likely N-dealkylation sites (tertiary alicyclic amines) is 1. The Morgan fingerprint density at radius 3 is 2.77 bits per heavy atom. The van der Waals surface area contributed by atoms with Crippen LogP contribution in [-0.4, -0.2) is 57.2 Å². The Balaban J connectivity index is 1.60. The van der Waals surface area contributed by atoms with E-state index in [1.54, 1.807) is 17.2 Å². The lowest BCUT2D eigenvalue weighted by Gasteiger charge is -2.27. The summed E-state index contributed by atoms with van der Waals surface area (Å²) in [6.07, 6.45) is 8.56. The van der Waals surface area contributed by atoms with Crippen molar-refractivity contribution in [3.8, 4) is 0 Å². The van der Waals surface area contributed by atoms with Crippen molar-refractivity contribution in [2.75, 3.05) is 19.6 Å². The molecule has 0 aromatic carbocycles. The first kappa shape index (κ1) is 15.0. The molecule has 1 aromatic rings. The Kier molecular flexibility index (Phi) is 4.38. The highest BCUT2D eigenvalue weighted by Gasteiger charge is 2.22. The number of imidazole rings is 1. The fourth-order valence-electron chi connectivity index (χ4n) is 3.16. The standard InChI is InChI=1S/C16H22N4O2/c1-13(18-6-2-3-7-18)4-5-16(22)19-8-9-20-14(12-21)10-17-15(20)11-19/h4-5,10,12-13H,2-3,6-9,11H2,1H3/b5-4+. The molecule has 2 aliphatic heterocycles. The van der Waals surface area contributed by atoms with Crippen LogP contribution in [0.25, 0.3) is 0 Å². The fourth-order valence-corrected chi connectivity index (χ4v) is 3.16. The van der Waals surface area contributed by atoms with E-state index in [2.05, 4.69) is 16.8 Å². The fraction of sp³-hybridized carbons (Fsp3) is 0.562. The van der Waals surface area contributed by atoms with Gasteiger partial charge in [-0.05, 0) is 32.9 Å². The molecule has 6 heteroatoms. The van der Waals surface area contributed by atoms with Crippen LogP contribution < -0.4 is 0 Å². The van der Waals surface area contributed by atoms with Crippen LogP contribution in [0.1, 0.15) is 36.1 Å². The Bertz CT molecular complexity index is 587. The molecule has 1 unspecified atom stereocenters. The maximum absolute atomic E-state index is 12.3. The number of amides is 1. The van der Waals surface area contributed by atoms with E-state index in [9.17, 15) is 9.59 Å². The maximum atomic E-state index is 12.3. The molecule has 22 heavy (non-hydrogen) atoms. The number of aromatic nitrogens is 2. The Morgan fingerprint density at radius 2 is 2.05 bits per heavy atom. The van der Waals surface area contributed by atoms with E-state index in [1.165, 1.54) is 12.8 Å². The Hall–Kier alpha value is -1.95. The molecule has 1 amide bonds. The summed E-state index contributed by atoms with van der Waals surface area (Å²) in [6.45, 7) is 6.09. The Labute approximate surface area is 130 Å². The van der Waals surface area contributed by atoms with E-state index in [0.717, 1.165) is 25.2 Å². The molecule has 1 atom stereocenters. The van der Waals surface area contributed by atoms with Crippen LogP contribution in [0.5, 0.6) is 0 Å². The third-order valence-corrected chi connectivity index (χ3v) is 4.56. The lowest BCUT2D eigenvalue weighted by molar-refractivity contribution is -0.127. The summed E-state index contributed by atoms with van der Waals surface area (Å²) in [5.74, 6) is 0.802. The zero-order chi connectivity index (χ0) is 15.5. The second-order valence-electron chi connectivity index (χ2n) is 5.97. The highest BCUT2D eigenvalue weighted by atomic mass is 16.2. The summed E-state index contributed by atoms with van der Waals surface area (Å²) in [6, 6.07) is 0.305. The lowest BCUT2D eigenvalue weighted by Crippen LogP contribution is -2.38. The van der Waals surface area contributed by atoms with Gasteiger partial charge in [0.05, 0.1) is 12.7 Å². The number of rotatable bonds is 4. The van der Waals surface area contributed by atoms with Gasteiger partial charge in [0.2, 0.25) is 5.91 Å². The van der Waals surface area contributed by atoms with Crippen molar-refractivity contribution in [1.29, 1.82) is 0 Å². The van der Waals surface area contributed by atoms with Gasteiger partial charge in [0.15, 0.2) is 6.29 Å². The minimum atomic E-state index is 0.0212. The zero-order valence-corrected chi connectivity index (χ0v) is 12.9. The minimum absolute atomic E-state index is 0.0212. The molecular formula is C16H22N4O2. The normalized spacial score (nSPS) is 20.3. The first-order valence-corrected chi connectivity index (χ1v) is 7.90.